The Morgan fingerprint density at radius 2 is 1.75 bits per heavy atom. The molecule has 53 heavy (non-hydrogen) atoms. The highest BCUT2D eigenvalue weighted by molar-refractivity contribution is 6.01. The molecule has 266 valence electrons. The van der Waals surface area contributed by atoms with Gasteiger partial charge < -0.3 is 26.4 Å². The van der Waals surface area contributed by atoms with Crippen molar-refractivity contribution in [3.63, 3.8) is 0 Å². The number of aromatic nitrogens is 6. The number of carbonyl (C=O) groups excluding carboxylic acids is 1. The number of anilines is 3. The maximum atomic E-state index is 13.5. The van der Waals surface area contributed by atoms with Gasteiger partial charge in [0, 0.05) is 61.0 Å². The van der Waals surface area contributed by atoms with Crippen LogP contribution in [-0.2, 0) is 6.61 Å². The molecular weight excluding hydrogens is 667 g/mol. The third-order valence-corrected chi connectivity index (χ3v) is 9.80. The number of rotatable bonds is 9. The number of imidazole rings is 1. The molecule has 13 heteroatoms. The fraction of sp³-hybridized carbons (Fsp3) is 0.200. The second kappa shape index (κ2) is 14.7. The van der Waals surface area contributed by atoms with Gasteiger partial charge in [-0.05, 0) is 48.7 Å². The lowest BCUT2D eigenvalue weighted by Gasteiger charge is -2.39. The summed E-state index contributed by atoms with van der Waals surface area (Å²) in [4.78, 5) is 40.5. The summed E-state index contributed by atoms with van der Waals surface area (Å²) < 4.78 is 1.92. The molecular formula is C40H39N11O2. The Bertz CT molecular complexity index is 2430. The molecule has 4 aromatic carbocycles. The summed E-state index contributed by atoms with van der Waals surface area (Å²) in [5.41, 5.74) is 12.1. The molecule has 8 rings (SSSR count). The maximum Gasteiger partial charge on any atom is 0.321 e. The number of benzene rings is 4. The Morgan fingerprint density at radius 1 is 0.906 bits per heavy atom. The highest BCUT2D eigenvalue weighted by Crippen LogP contribution is 2.29. The molecule has 0 aliphatic carbocycles. The van der Waals surface area contributed by atoms with E-state index < -0.39 is 0 Å². The van der Waals surface area contributed by atoms with Gasteiger partial charge >= 0.3 is 6.03 Å². The first-order valence-corrected chi connectivity index (χ1v) is 17.6. The smallest absolute Gasteiger partial charge is 0.321 e. The van der Waals surface area contributed by atoms with Crippen molar-refractivity contribution >= 4 is 45.4 Å². The molecule has 7 aromatic rings. The van der Waals surface area contributed by atoms with Gasteiger partial charge in [-0.3, -0.25) is 9.47 Å². The number of nitrogens with zero attached hydrogens (tertiary/aromatic N) is 8. The van der Waals surface area contributed by atoms with E-state index in [-0.39, 0.29) is 24.6 Å². The topological polar surface area (TPSA) is 163 Å². The third kappa shape index (κ3) is 7.07. The van der Waals surface area contributed by atoms with Crippen molar-refractivity contribution in [2.24, 2.45) is 0 Å². The summed E-state index contributed by atoms with van der Waals surface area (Å²) in [6, 6.07) is 31.3. The van der Waals surface area contributed by atoms with Crippen LogP contribution in [0.1, 0.15) is 12.0 Å². The number of aliphatic hydroxyl groups excluding tert-OH is 1. The fourth-order valence-electron chi connectivity index (χ4n) is 6.89. The fourth-order valence-corrected chi connectivity index (χ4v) is 6.89. The van der Waals surface area contributed by atoms with Crippen molar-refractivity contribution < 1.29 is 9.90 Å². The van der Waals surface area contributed by atoms with E-state index in [4.69, 9.17) is 15.7 Å². The van der Waals surface area contributed by atoms with Crippen LogP contribution in [0.2, 0.25) is 0 Å². The molecule has 1 aliphatic rings. The predicted octanol–water partition coefficient (Wildman–Crippen LogP) is 5.82. The van der Waals surface area contributed by atoms with Crippen LogP contribution in [0.5, 0.6) is 0 Å². The van der Waals surface area contributed by atoms with Gasteiger partial charge in [0.1, 0.15) is 12.1 Å². The number of nitrogen functional groups attached to an aromatic ring is 1. The third-order valence-electron chi connectivity index (χ3n) is 9.80. The zero-order valence-electron chi connectivity index (χ0n) is 29.2. The molecule has 0 saturated carbocycles. The Balaban J connectivity index is 1.02. The Labute approximate surface area is 306 Å². The van der Waals surface area contributed by atoms with E-state index in [1.807, 2.05) is 107 Å². The molecule has 1 saturated heterocycles. The zero-order chi connectivity index (χ0) is 36.3. The molecule has 5 N–H and O–H groups in total. The van der Waals surface area contributed by atoms with Crippen LogP contribution in [-0.4, -0.2) is 89.7 Å². The van der Waals surface area contributed by atoms with Gasteiger partial charge in [-0.1, -0.05) is 66.7 Å². The lowest BCUT2D eigenvalue weighted by molar-refractivity contribution is 0.113. The van der Waals surface area contributed by atoms with Gasteiger partial charge in [0.15, 0.2) is 0 Å². The second-order valence-electron chi connectivity index (χ2n) is 13.1. The van der Waals surface area contributed by atoms with Gasteiger partial charge in [-0.2, -0.15) is 4.98 Å². The summed E-state index contributed by atoms with van der Waals surface area (Å²) in [6.07, 6.45) is 4.13. The van der Waals surface area contributed by atoms with Crippen molar-refractivity contribution in [3.05, 3.63) is 115 Å². The number of amides is 2. The Kier molecular flexibility index (Phi) is 9.32. The van der Waals surface area contributed by atoms with E-state index in [1.54, 1.807) is 12.5 Å². The number of carbonyl (C=O) groups is 1. The lowest BCUT2D eigenvalue weighted by atomic mass is 10.0. The van der Waals surface area contributed by atoms with E-state index in [0.717, 1.165) is 57.1 Å². The molecule has 0 bridgehead atoms. The lowest BCUT2D eigenvalue weighted by Crippen LogP contribution is -2.54. The van der Waals surface area contributed by atoms with Crippen molar-refractivity contribution in [2.45, 2.75) is 19.1 Å². The molecule has 4 heterocycles. The first-order valence-electron chi connectivity index (χ1n) is 17.6. The molecule has 0 radical (unpaired) electrons. The molecule has 1 fully saturated rings. The number of aliphatic hydroxyl groups is 1. The van der Waals surface area contributed by atoms with Crippen molar-refractivity contribution in [2.75, 3.05) is 49.6 Å². The monoisotopic (exact) mass is 705 g/mol. The quantitative estimate of drug-likeness (QED) is 0.144. The zero-order valence-corrected chi connectivity index (χ0v) is 29.2. The van der Waals surface area contributed by atoms with Gasteiger partial charge in [-0.25, -0.2) is 24.7 Å². The molecule has 13 nitrogen and oxygen atoms in total. The van der Waals surface area contributed by atoms with Crippen LogP contribution < -0.4 is 16.4 Å². The second-order valence-corrected chi connectivity index (χ2v) is 13.1. The molecule has 3 aromatic heterocycles. The highest BCUT2D eigenvalue weighted by Gasteiger charge is 2.27. The molecule has 1 unspecified atom stereocenters. The van der Waals surface area contributed by atoms with E-state index >= 15 is 0 Å². The van der Waals surface area contributed by atoms with Crippen LogP contribution in [0.4, 0.5) is 22.4 Å². The Morgan fingerprint density at radius 3 is 2.64 bits per heavy atom. The average Bonchev–Trinajstić information content (AvgIpc) is 3.62. The molecule has 2 amide bonds. The summed E-state index contributed by atoms with van der Waals surface area (Å²) in [6.45, 7) is 2.45. The van der Waals surface area contributed by atoms with Crippen LogP contribution in [0.25, 0.3) is 50.1 Å². The normalized spacial score (nSPS) is 14.8. The number of piperazine rings is 1. The first-order chi connectivity index (χ1) is 25.9. The Hall–Kier alpha value is -6.44. The largest absolute Gasteiger partial charge is 0.392 e. The van der Waals surface area contributed by atoms with Crippen LogP contribution in [0.15, 0.2) is 110 Å². The summed E-state index contributed by atoms with van der Waals surface area (Å²) in [7, 11) is 2.10. The molecule has 0 spiro atoms. The number of nitrogens with two attached hydrogens (primary N) is 1. The maximum absolute atomic E-state index is 13.5. The summed E-state index contributed by atoms with van der Waals surface area (Å²) in [5.74, 6) is 1.28. The summed E-state index contributed by atoms with van der Waals surface area (Å²) >= 11 is 0. The van der Waals surface area contributed by atoms with E-state index in [1.165, 1.54) is 0 Å². The van der Waals surface area contributed by atoms with Crippen LogP contribution >= 0.6 is 0 Å². The standard InChI is InChI=1S/C40H39N11O2/c1-49-19-20-50(40(53)47-33-12-6-9-26-7-2-4-10-30(26)33)23-29(49)15-17-43-39-46-34(31-11-5-3-8-28(31)24-52)22-37(48-39)51-25-44-35-21-27(13-14-36(35)51)32-16-18-42-38(41)45-32/h2-14,16,18,21-22,25,29,52H,15,17,19-20,23-24H2,1H3,(H,47,53)(H2,41,42,45)(H,43,46,48). The van der Waals surface area contributed by atoms with Crippen LogP contribution in [0.3, 0.4) is 0 Å². The number of urea groups is 1. The number of nitrogens with one attached hydrogen (secondary N) is 2. The van der Waals surface area contributed by atoms with Gasteiger partial charge in [0.2, 0.25) is 11.9 Å². The van der Waals surface area contributed by atoms with Crippen LogP contribution in [0, 0.1) is 0 Å². The van der Waals surface area contributed by atoms with Gasteiger partial charge in [-0.15, -0.1) is 0 Å². The number of hydrogen-bond donors (Lipinski definition) is 4. The van der Waals surface area contributed by atoms with Crippen molar-refractivity contribution in [1.29, 1.82) is 0 Å². The van der Waals surface area contributed by atoms with E-state index in [2.05, 4.69) is 37.5 Å². The van der Waals surface area contributed by atoms with Crippen molar-refractivity contribution in [1.82, 2.24) is 39.3 Å². The van der Waals surface area contributed by atoms with Gasteiger partial charge in [0.25, 0.3) is 0 Å². The number of fused-ring (bicyclic) bond motifs is 2. The highest BCUT2D eigenvalue weighted by atomic mass is 16.3. The SMILES string of the molecule is CN1CCN(C(=O)Nc2cccc3ccccc23)CC1CCNc1nc(-c2ccccc2CO)cc(-n2cnc3cc(-c4ccnc(N)n4)ccc32)n1. The number of hydrogen-bond acceptors (Lipinski definition) is 10. The first kappa shape index (κ1) is 33.7. The van der Waals surface area contributed by atoms with E-state index in [0.29, 0.717) is 42.8 Å². The predicted molar refractivity (Wildman–Crippen MR) is 208 cm³/mol. The minimum atomic E-state index is -0.124. The average molecular weight is 706 g/mol. The van der Waals surface area contributed by atoms with Crippen molar-refractivity contribution in [3.8, 4) is 28.3 Å². The van der Waals surface area contributed by atoms with E-state index in [9.17, 15) is 9.90 Å². The number of likely N-dealkylation sites (N-methyl/N-ethyl adjacent to an activating group) is 1. The van der Waals surface area contributed by atoms with Gasteiger partial charge in [0.05, 0.1) is 34.7 Å². The molecule has 1 atom stereocenters. The minimum absolute atomic E-state index is 0.100. The summed E-state index contributed by atoms with van der Waals surface area (Å²) in [5, 5.41) is 18.9. The minimum Gasteiger partial charge on any atom is -0.392 e. The molecule has 1 aliphatic heterocycles.